The average Bonchev–Trinajstić information content (AvgIpc) is 3.06. The fourth-order valence-corrected chi connectivity index (χ4v) is 6.13. The molecule has 0 aromatic carbocycles. The third-order valence-corrected chi connectivity index (χ3v) is 9.41. The van der Waals surface area contributed by atoms with Crippen molar-refractivity contribution in [2.24, 2.45) is 0 Å². The first kappa shape index (κ1) is 48.1. The molecule has 0 spiro atoms. The number of ether oxygens (including phenoxy) is 3. The lowest BCUT2D eigenvalue weighted by Crippen LogP contribution is -2.50. The van der Waals surface area contributed by atoms with Crippen LogP contribution >= 0.6 is 0 Å². The summed E-state index contributed by atoms with van der Waals surface area (Å²) >= 11 is 0. The second-order valence-corrected chi connectivity index (χ2v) is 15.2. The molecule has 0 radical (unpaired) electrons. The van der Waals surface area contributed by atoms with Crippen LogP contribution in [0.25, 0.3) is 0 Å². The fourth-order valence-electron chi connectivity index (χ4n) is 6.13. The van der Waals surface area contributed by atoms with Crippen molar-refractivity contribution in [3.8, 4) is 0 Å². The van der Waals surface area contributed by atoms with Gasteiger partial charge in [0.2, 0.25) is 0 Å². The molecule has 0 aliphatic rings. The molecule has 8 nitrogen and oxygen atoms in total. The number of carboxylic acid groups (broad SMARTS) is 1. The van der Waals surface area contributed by atoms with Gasteiger partial charge in [-0.2, -0.15) is 0 Å². The second-order valence-electron chi connectivity index (χ2n) is 15.2. The first-order valence-corrected chi connectivity index (χ1v) is 20.7. The first-order valence-electron chi connectivity index (χ1n) is 20.7. The molecule has 0 saturated heterocycles. The summed E-state index contributed by atoms with van der Waals surface area (Å²) in [6.45, 7) is 4.70. The lowest BCUT2D eigenvalue weighted by Gasteiger charge is -2.31. The van der Waals surface area contributed by atoms with Crippen LogP contribution in [0.3, 0.4) is 0 Å². The number of likely N-dealkylation sites (N-methyl/N-ethyl adjacent to an activating group) is 1. The normalized spacial score (nSPS) is 13.1. The van der Waals surface area contributed by atoms with Crippen molar-refractivity contribution in [3.63, 3.8) is 0 Å². The highest BCUT2D eigenvalue weighted by atomic mass is 16.6. The van der Waals surface area contributed by atoms with Gasteiger partial charge in [-0.25, -0.2) is 4.79 Å². The molecule has 294 valence electrons. The number of hydrogen-bond acceptors (Lipinski definition) is 6. The monoisotopic (exact) mass is 711 g/mol. The van der Waals surface area contributed by atoms with Gasteiger partial charge in [-0.05, 0) is 32.1 Å². The highest BCUT2D eigenvalue weighted by molar-refractivity contribution is 5.72. The van der Waals surface area contributed by atoms with Crippen LogP contribution in [-0.2, 0) is 28.6 Å². The summed E-state index contributed by atoms with van der Waals surface area (Å²) in [6.07, 6.45) is 33.9. The Labute approximate surface area is 308 Å². The molecule has 0 aliphatic carbocycles. The number of hydrogen-bond donors (Lipinski definition) is 1. The number of carbonyl (C=O) groups is 3. The molecule has 1 N–H and O–H groups in total. The van der Waals surface area contributed by atoms with Crippen LogP contribution in [0.15, 0.2) is 12.2 Å². The number of allylic oxidation sites excluding steroid dienone is 2. The van der Waals surface area contributed by atoms with E-state index in [9.17, 15) is 19.5 Å². The molecular formula is C42H80NO7+. The zero-order valence-corrected chi connectivity index (χ0v) is 33.4. The van der Waals surface area contributed by atoms with Crippen LogP contribution in [0.1, 0.15) is 187 Å². The minimum atomic E-state index is -0.874. The number of carboxylic acids is 1. The van der Waals surface area contributed by atoms with Crippen molar-refractivity contribution >= 4 is 17.9 Å². The zero-order chi connectivity index (χ0) is 37.1. The van der Waals surface area contributed by atoms with Crippen LogP contribution in [0.5, 0.6) is 0 Å². The predicted molar refractivity (Wildman–Crippen MR) is 206 cm³/mol. The van der Waals surface area contributed by atoms with E-state index >= 15 is 0 Å². The van der Waals surface area contributed by atoms with E-state index in [0.29, 0.717) is 19.3 Å². The number of unbranched alkanes of at least 4 members (excludes halogenated alkanes) is 21. The molecule has 50 heavy (non-hydrogen) atoms. The Kier molecular flexibility index (Phi) is 32.9. The van der Waals surface area contributed by atoms with E-state index in [4.69, 9.17) is 14.2 Å². The van der Waals surface area contributed by atoms with Crippen LogP contribution in [0.2, 0.25) is 0 Å². The Bertz CT molecular complexity index is 838. The van der Waals surface area contributed by atoms with E-state index in [1.165, 1.54) is 109 Å². The second kappa shape index (κ2) is 34.2. The number of quaternary nitrogens is 1. The summed E-state index contributed by atoms with van der Waals surface area (Å²) in [5.41, 5.74) is 0. The van der Waals surface area contributed by atoms with Gasteiger partial charge in [0.15, 0.2) is 12.1 Å². The maximum atomic E-state index is 12.7. The van der Waals surface area contributed by atoms with E-state index in [1.807, 2.05) is 21.1 Å². The molecule has 0 aliphatic heterocycles. The molecular weight excluding hydrogens is 630 g/mol. The Morgan fingerprint density at radius 1 is 0.580 bits per heavy atom. The first-order chi connectivity index (χ1) is 24.1. The molecule has 0 bridgehead atoms. The molecule has 0 aromatic heterocycles. The maximum absolute atomic E-state index is 12.7. The van der Waals surface area contributed by atoms with Crippen molar-refractivity contribution in [1.29, 1.82) is 0 Å². The van der Waals surface area contributed by atoms with Gasteiger partial charge in [-0.1, -0.05) is 148 Å². The van der Waals surface area contributed by atoms with E-state index in [-0.39, 0.29) is 36.2 Å². The van der Waals surface area contributed by atoms with Gasteiger partial charge in [-0.15, -0.1) is 0 Å². The summed E-state index contributed by atoms with van der Waals surface area (Å²) in [6, 6.07) is -0.610. The SMILES string of the molecule is CCCC/C=C/CCCCCCCC(=O)OCC(COCCC(C(=O)O)[N+](C)(C)C)OC(=O)CCCCCCCCCCCCCCCCC. The van der Waals surface area contributed by atoms with Crippen LogP contribution < -0.4 is 0 Å². The van der Waals surface area contributed by atoms with Crippen LogP contribution in [-0.4, -0.2) is 80.6 Å². The summed E-state index contributed by atoms with van der Waals surface area (Å²) in [7, 11) is 5.52. The zero-order valence-electron chi connectivity index (χ0n) is 33.4. The van der Waals surface area contributed by atoms with Crippen molar-refractivity contribution in [3.05, 3.63) is 12.2 Å². The van der Waals surface area contributed by atoms with E-state index in [2.05, 4.69) is 26.0 Å². The number of esters is 2. The summed E-state index contributed by atoms with van der Waals surface area (Å²) in [4.78, 5) is 36.8. The highest BCUT2D eigenvalue weighted by Crippen LogP contribution is 2.15. The number of rotatable bonds is 37. The summed E-state index contributed by atoms with van der Waals surface area (Å²) in [5.74, 6) is -1.47. The Morgan fingerprint density at radius 2 is 1.02 bits per heavy atom. The molecule has 0 rings (SSSR count). The van der Waals surface area contributed by atoms with Gasteiger partial charge >= 0.3 is 17.9 Å². The lowest BCUT2D eigenvalue weighted by molar-refractivity contribution is -0.887. The van der Waals surface area contributed by atoms with Gasteiger partial charge in [0.05, 0.1) is 34.4 Å². The minimum absolute atomic E-state index is 0.0501. The predicted octanol–water partition coefficient (Wildman–Crippen LogP) is 10.7. The van der Waals surface area contributed by atoms with E-state index in [0.717, 1.165) is 44.9 Å². The highest BCUT2D eigenvalue weighted by Gasteiger charge is 2.31. The Morgan fingerprint density at radius 3 is 1.50 bits per heavy atom. The maximum Gasteiger partial charge on any atom is 0.362 e. The third kappa shape index (κ3) is 32.0. The van der Waals surface area contributed by atoms with E-state index in [1.54, 1.807) is 0 Å². The molecule has 0 heterocycles. The van der Waals surface area contributed by atoms with Crippen molar-refractivity contribution in [1.82, 2.24) is 0 Å². The molecule has 0 aromatic rings. The number of carbonyl (C=O) groups excluding carboxylic acids is 2. The standard InChI is InChI=1S/C42H79NO7/c1-6-8-10-12-14-16-18-19-20-21-23-25-27-29-31-33-41(45)50-38(36-48-35-34-39(42(46)47)43(3,4)5)37-49-40(44)32-30-28-26-24-22-17-15-13-11-9-7-2/h13,15,38-39H,6-12,14,16-37H2,1-5H3/p+1/b15-13+. The molecule has 2 atom stereocenters. The quantitative estimate of drug-likeness (QED) is 0.0296. The van der Waals surface area contributed by atoms with Gasteiger partial charge < -0.3 is 23.8 Å². The molecule has 0 amide bonds. The number of nitrogens with zero attached hydrogens (tertiary/aromatic N) is 1. The molecule has 2 unspecified atom stereocenters. The smallest absolute Gasteiger partial charge is 0.362 e. The van der Waals surface area contributed by atoms with Crippen molar-refractivity contribution < 1.29 is 38.2 Å². The van der Waals surface area contributed by atoms with Gasteiger partial charge in [0, 0.05) is 19.3 Å². The fraction of sp³-hybridized carbons (Fsp3) is 0.881. The largest absolute Gasteiger partial charge is 0.477 e. The van der Waals surface area contributed by atoms with Crippen molar-refractivity contribution in [2.45, 2.75) is 199 Å². The number of aliphatic carboxylic acids is 1. The Balaban J connectivity index is 4.35. The van der Waals surface area contributed by atoms with Crippen LogP contribution in [0, 0.1) is 0 Å². The van der Waals surface area contributed by atoms with Crippen LogP contribution in [0.4, 0.5) is 0 Å². The lowest BCUT2D eigenvalue weighted by atomic mass is 10.0. The van der Waals surface area contributed by atoms with Gasteiger partial charge in [0.25, 0.3) is 0 Å². The van der Waals surface area contributed by atoms with Gasteiger partial charge in [-0.3, -0.25) is 9.59 Å². The summed E-state index contributed by atoms with van der Waals surface area (Å²) in [5, 5.41) is 9.59. The molecule has 8 heteroatoms. The minimum Gasteiger partial charge on any atom is -0.477 e. The van der Waals surface area contributed by atoms with E-state index < -0.39 is 18.1 Å². The molecule has 0 saturated carbocycles. The third-order valence-electron chi connectivity index (χ3n) is 9.41. The van der Waals surface area contributed by atoms with Crippen molar-refractivity contribution in [2.75, 3.05) is 41.0 Å². The Hall–Kier alpha value is -1.93. The topological polar surface area (TPSA) is 99.1 Å². The van der Waals surface area contributed by atoms with Gasteiger partial charge in [0.1, 0.15) is 6.61 Å². The molecule has 0 fully saturated rings. The average molecular weight is 711 g/mol. The summed E-state index contributed by atoms with van der Waals surface area (Å²) < 4.78 is 17.2.